The molecule has 0 unspecified atom stereocenters. The molecule has 4 heterocycles. The van der Waals surface area contributed by atoms with E-state index in [1.54, 1.807) is 15.4 Å². The molecule has 2 aliphatic heterocycles. The molecule has 0 radical (unpaired) electrons. The number of aromatic nitrogens is 2. The van der Waals surface area contributed by atoms with Gasteiger partial charge in [0, 0.05) is 38.4 Å². The minimum atomic E-state index is -0.152. The second kappa shape index (κ2) is 9.19. The lowest BCUT2D eigenvalue weighted by molar-refractivity contribution is -0.124. The zero-order valence-corrected chi connectivity index (χ0v) is 20.8. The predicted molar refractivity (Wildman–Crippen MR) is 138 cm³/mol. The number of hydrogen-bond acceptors (Lipinski definition) is 7. The van der Waals surface area contributed by atoms with Crippen molar-refractivity contribution in [1.29, 1.82) is 0 Å². The summed E-state index contributed by atoms with van der Waals surface area (Å²) < 4.78 is 2.19. The Bertz CT molecular complexity index is 1190. The quantitative estimate of drug-likeness (QED) is 0.490. The Morgan fingerprint density at radius 3 is 2.55 bits per heavy atom. The molecule has 0 aromatic carbocycles. The molecular formula is C24H29N5O2S2. The van der Waals surface area contributed by atoms with Crippen LogP contribution in [-0.2, 0) is 4.79 Å². The molecule has 3 fully saturated rings. The lowest BCUT2D eigenvalue weighted by Gasteiger charge is -2.34. The number of amides is 1. The Balaban J connectivity index is 1.59. The van der Waals surface area contributed by atoms with E-state index in [1.807, 2.05) is 25.3 Å². The molecule has 3 aliphatic rings. The highest BCUT2D eigenvalue weighted by Gasteiger charge is 2.38. The van der Waals surface area contributed by atoms with Crippen LogP contribution in [0.25, 0.3) is 11.7 Å². The fraction of sp³-hybridized carbons (Fsp3) is 0.500. The molecule has 0 bridgehead atoms. The van der Waals surface area contributed by atoms with Crippen LogP contribution in [0.2, 0.25) is 0 Å². The predicted octanol–water partition coefficient (Wildman–Crippen LogP) is 3.29. The van der Waals surface area contributed by atoms with Gasteiger partial charge in [0.25, 0.3) is 11.5 Å². The standard InChI is InChI=1S/C24H29N5O2S2/c1-16-8-9-20-25-21(27-12-10-26(2)11-13-27)18(22(30)28(20)15-16)14-19-23(31)29(24(32)33-19)17-6-4-3-5-7-17/h8-9,14-15,17H,3-7,10-13H2,1-2H3/b19-14-. The third kappa shape index (κ3) is 4.34. The van der Waals surface area contributed by atoms with Gasteiger partial charge in [0.2, 0.25) is 0 Å². The van der Waals surface area contributed by atoms with Gasteiger partial charge < -0.3 is 9.80 Å². The first kappa shape index (κ1) is 22.6. The van der Waals surface area contributed by atoms with E-state index in [0.717, 1.165) is 57.4 Å². The first-order chi connectivity index (χ1) is 15.9. The molecule has 9 heteroatoms. The van der Waals surface area contributed by atoms with Crippen molar-refractivity contribution >= 4 is 51.7 Å². The van der Waals surface area contributed by atoms with Crippen molar-refractivity contribution in [1.82, 2.24) is 19.2 Å². The molecular weight excluding hydrogens is 454 g/mol. The fourth-order valence-electron chi connectivity index (χ4n) is 4.90. The van der Waals surface area contributed by atoms with E-state index in [0.29, 0.717) is 26.3 Å². The maximum Gasteiger partial charge on any atom is 0.267 e. The van der Waals surface area contributed by atoms with E-state index in [9.17, 15) is 9.59 Å². The van der Waals surface area contributed by atoms with Crippen LogP contribution >= 0.6 is 24.0 Å². The number of rotatable bonds is 3. The largest absolute Gasteiger partial charge is 0.353 e. The van der Waals surface area contributed by atoms with Gasteiger partial charge in [-0.25, -0.2) is 4.98 Å². The van der Waals surface area contributed by atoms with Crippen LogP contribution in [0.1, 0.15) is 43.2 Å². The molecule has 1 aliphatic carbocycles. The van der Waals surface area contributed by atoms with Crippen molar-refractivity contribution in [3.63, 3.8) is 0 Å². The maximum atomic E-state index is 13.6. The Labute approximate surface area is 203 Å². The van der Waals surface area contributed by atoms with Gasteiger partial charge in [-0.2, -0.15) is 0 Å². The summed E-state index contributed by atoms with van der Waals surface area (Å²) in [6, 6.07) is 4.01. The minimum absolute atomic E-state index is 0.0741. The number of carbonyl (C=O) groups is 1. The van der Waals surface area contributed by atoms with Crippen LogP contribution in [0.5, 0.6) is 0 Å². The normalized spacial score (nSPS) is 22.2. The highest BCUT2D eigenvalue weighted by atomic mass is 32.2. The summed E-state index contributed by atoms with van der Waals surface area (Å²) in [5.74, 6) is 0.579. The minimum Gasteiger partial charge on any atom is -0.353 e. The molecule has 5 rings (SSSR count). The molecule has 2 saturated heterocycles. The number of hydrogen-bond donors (Lipinski definition) is 0. The fourth-order valence-corrected chi connectivity index (χ4v) is 6.28. The van der Waals surface area contributed by atoms with Crippen LogP contribution in [0.4, 0.5) is 5.82 Å². The van der Waals surface area contributed by atoms with Gasteiger partial charge in [-0.3, -0.25) is 18.9 Å². The van der Waals surface area contributed by atoms with Crippen molar-refractivity contribution in [2.45, 2.75) is 45.1 Å². The van der Waals surface area contributed by atoms with Crippen molar-refractivity contribution in [3.05, 3.63) is 44.7 Å². The number of thiocarbonyl (C=S) groups is 1. The summed E-state index contributed by atoms with van der Waals surface area (Å²) in [6.45, 7) is 5.33. The van der Waals surface area contributed by atoms with Gasteiger partial charge in [-0.1, -0.05) is 49.3 Å². The highest BCUT2D eigenvalue weighted by Crippen LogP contribution is 2.37. The third-order valence-electron chi connectivity index (χ3n) is 6.83. The maximum absolute atomic E-state index is 13.6. The summed E-state index contributed by atoms with van der Waals surface area (Å²) in [4.78, 5) is 38.6. The molecule has 0 N–H and O–H groups in total. The molecule has 2 aromatic heterocycles. The number of nitrogens with zero attached hydrogens (tertiary/aromatic N) is 5. The van der Waals surface area contributed by atoms with Crippen LogP contribution < -0.4 is 10.5 Å². The van der Waals surface area contributed by atoms with Crippen LogP contribution in [-0.4, -0.2) is 68.7 Å². The molecule has 0 spiro atoms. The number of likely N-dealkylation sites (N-methyl/N-ethyl adjacent to an activating group) is 1. The molecule has 0 atom stereocenters. The smallest absolute Gasteiger partial charge is 0.267 e. The number of thioether (sulfide) groups is 1. The van der Waals surface area contributed by atoms with Gasteiger partial charge in [0.05, 0.1) is 10.5 Å². The molecule has 33 heavy (non-hydrogen) atoms. The third-order valence-corrected chi connectivity index (χ3v) is 8.16. The average Bonchev–Trinajstić information content (AvgIpc) is 3.10. The molecule has 7 nitrogen and oxygen atoms in total. The first-order valence-electron chi connectivity index (χ1n) is 11.7. The van der Waals surface area contributed by atoms with Gasteiger partial charge in [0.15, 0.2) is 0 Å². The number of aryl methyl sites for hydroxylation is 1. The molecule has 1 amide bonds. The Kier molecular flexibility index (Phi) is 6.28. The molecule has 1 saturated carbocycles. The number of anilines is 1. The lowest BCUT2D eigenvalue weighted by atomic mass is 9.94. The summed E-state index contributed by atoms with van der Waals surface area (Å²) in [7, 11) is 2.10. The van der Waals surface area contributed by atoms with E-state index >= 15 is 0 Å². The Hall–Kier alpha value is -2.23. The van der Waals surface area contributed by atoms with Crippen molar-refractivity contribution < 1.29 is 4.79 Å². The summed E-state index contributed by atoms with van der Waals surface area (Å²) >= 11 is 6.91. The highest BCUT2D eigenvalue weighted by molar-refractivity contribution is 8.26. The summed E-state index contributed by atoms with van der Waals surface area (Å²) in [5.41, 5.74) is 1.91. The van der Waals surface area contributed by atoms with Crippen molar-refractivity contribution in [2.75, 3.05) is 38.1 Å². The zero-order valence-electron chi connectivity index (χ0n) is 19.1. The molecule has 2 aromatic rings. The lowest BCUT2D eigenvalue weighted by Crippen LogP contribution is -2.45. The Morgan fingerprint density at radius 1 is 1.09 bits per heavy atom. The zero-order chi connectivity index (χ0) is 23.1. The van der Waals surface area contributed by atoms with Crippen LogP contribution in [0.3, 0.4) is 0 Å². The number of piperazine rings is 1. The monoisotopic (exact) mass is 483 g/mol. The average molecular weight is 484 g/mol. The van der Waals surface area contributed by atoms with Gasteiger partial charge in [-0.05, 0) is 44.5 Å². The Morgan fingerprint density at radius 2 is 1.82 bits per heavy atom. The summed E-state index contributed by atoms with van der Waals surface area (Å²) in [5, 5.41) is 0. The number of carbonyl (C=O) groups excluding carboxylic acids is 1. The second-order valence-corrected chi connectivity index (χ2v) is 10.9. The first-order valence-corrected chi connectivity index (χ1v) is 12.9. The second-order valence-electron chi connectivity index (χ2n) is 9.22. The number of pyridine rings is 1. The van der Waals surface area contributed by atoms with E-state index < -0.39 is 0 Å². The van der Waals surface area contributed by atoms with E-state index in [-0.39, 0.29) is 17.5 Å². The van der Waals surface area contributed by atoms with Crippen molar-refractivity contribution in [3.8, 4) is 0 Å². The van der Waals surface area contributed by atoms with E-state index in [2.05, 4.69) is 16.8 Å². The number of fused-ring (bicyclic) bond motifs is 1. The van der Waals surface area contributed by atoms with Gasteiger partial charge >= 0.3 is 0 Å². The molecule has 174 valence electrons. The van der Waals surface area contributed by atoms with E-state index in [1.165, 1.54) is 18.2 Å². The van der Waals surface area contributed by atoms with Gasteiger partial charge in [-0.15, -0.1) is 0 Å². The SMILES string of the molecule is Cc1ccc2nc(N3CCN(C)CC3)c(/C=C3\SC(=S)N(C4CCCCC4)C3=O)c(=O)n2c1. The summed E-state index contributed by atoms with van der Waals surface area (Å²) in [6.07, 6.45) is 9.00. The van der Waals surface area contributed by atoms with Crippen LogP contribution in [0, 0.1) is 6.92 Å². The van der Waals surface area contributed by atoms with Crippen LogP contribution in [0.15, 0.2) is 28.0 Å². The van der Waals surface area contributed by atoms with Gasteiger partial charge in [0.1, 0.15) is 15.8 Å². The topological polar surface area (TPSA) is 61.2 Å². The van der Waals surface area contributed by atoms with Crippen molar-refractivity contribution in [2.24, 2.45) is 0 Å². The van der Waals surface area contributed by atoms with E-state index in [4.69, 9.17) is 17.2 Å².